The molecule has 0 saturated carbocycles. The molecule has 2 heterocycles. The molecule has 0 radical (unpaired) electrons. The standard InChI is InChI=1S/C54H35NO/c1-3-11-36(12-4-1)38-21-23-39(24-22-38)40-25-27-41(28-26-40)42-29-31-43(32-30-42)45-16-9-17-47-53-51(19-10-20-52(53)56-54(45)47)55-49-18-8-7-15-46(49)48-35-44(33-34-50(48)55)37-13-5-2-6-14-37/h1-35H. The molecular weight excluding hydrogens is 679 g/mol. The minimum atomic E-state index is 0.878. The van der Waals surface area contributed by atoms with Gasteiger partial charge in [0.2, 0.25) is 0 Å². The topological polar surface area (TPSA) is 18.1 Å². The van der Waals surface area contributed by atoms with Crippen molar-refractivity contribution < 1.29 is 4.42 Å². The average Bonchev–Trinajstić information content (AvgIpc) is 3.83. The molecule has 0 spiro atoms. The molecule has 0 aliphatic rings. The summed E-state index contributed by atoms with van der Waals surface area (Å²) in [6.07, 6.45) is 0. The molecule has 56 heavy (non-hydrogen) atoms. The number of rotatable bonds is 6. The monoisotopic (exact) mass is 713 g/mol. The van der Waals surface area contributed by atoms with Crippen molar-refractivity contribution in [2.75, 3.05) is 0 Å². The van der Waals surface area contributed by atoms with Crippen LogP contribution in [0.3, 0.4) is 0 Å². The molecule has 0 fully saturated rings. The van der Waals surface area contributed by atoms with Gasteiger partial charge in [-0.15, -0.1) is 0 Å². The fourth-order valence-corrected chi connectivity index (χ4v) is 8.47. The van der Waals surface area contributed by atoms with E-state index in [1.807, 2.05) is 0 Å². The molecule has 11 rings (SSSR count). The number of benzene rings is 9. The quantitative estimate of drug-likeness (QED) is 0.168. The van der Waals surface area contributed by atoms with Crippen molar-refractivity contribution in [3.8, 4) is 61.3 Å². The maximum Gasteiger partial charge on any atom is 0.143 e. The highest BCUT2D eigenvalue weighted by atomic mass is 16.3. The van der Waals surface area contributed by atoms with E-state index < -0.39 is 0 Å². The number of para-hydroxylation sites is 2. The molecule has 0 saturated heterocycles. The maximum absolute atomic E-state index is 6.77. The highest BCUT2D eigenvalue weighted by molar-refractivity contribution is 6.16. The molecule has 0 bridgehead atoms. The van der Waals surface area contributed by atoms with Crippen molar-refractivity contribution >= 4 is 43.7 Å². The maximum atomic E-state index is 6.77. The van der Waals surface area contributed by atoms with Crippen molar-refractivity contribution in [2.24, 2.45) is 0 Å². The van der Waals surface area contributed by atoms with E-state index >= 15 is 0 Å². The summed E-state index contributed by atoms with van der Waals surface area (Å²) in [5.74, 6) is 0. The van der Waals surface area contributed by atoms with Crippen LogP contribution in [-0.2, 0) is 0 Å². The Morgan fingerprint density at radius 1 is 0.304 bits per heavy atom. The molecule has 0 amide bonds. The number of fused-ring (bicyclic) bond motifs is 6. The number of nitrogens with zero attached hydrogens (tertiary/aromatic N) is 1. The van der Waals surface area contributed by atoms with Gasteiger partial charge in [-0.1, -0.05) is 182 Å². The van der Waals surface area contributed by atoms with E-state index in [1.165, 1.54) is 66.3 Å². The van der Waals surface area contributed by atoms with Crippen LogP contribution < -0.4 is 0 Å². The largest absolute Gasteiger partial charge is 0.455 e. The third-order valence-electron chi connectivity index (χ3n) is 11.3. The zero-order valence-electron chi connectivity index (χ0n) is 30.6. The van der Waals surface area contributed by atoms with E-state index in [0.29, 0.717) is 0 Å². The molecule has 0 aliphatic carbocycles. The highest BCUT2D eigenvalue weighted by Gasteiger charge is 2.20. The number of hydrogen-bond acceptors (Lipinski definition) is 1. The Balaban J connectivity index is 0.946. The van der Waals surface area contributed by atoms with Crippen LogP contribution in [0.25, 0.3) is 105 Å². The fraction of sp³-hybridized carbons (Fsp3) is 0. The summed E-state index contributed by atoms with van der Waals surface area (Å²) in [5, 5.41) is 4.69. The molecule has 0 atom stereocenters. The van der Waals surface area contributed by atoms with E-state index in [-0.39, 0.29) is 0 Å². The zero-order valence-corrected chi connectivity index (χ0v) is 30.6. The first-order chi connectivity index (χ1) is 27.8. The van der Waals surface area contributed by atoms with Crippen LogP contribution in [0.2, 0.25) is 0 Å². The summed E-state index contributed by atoms with van der Waals surface area (Å²) in [7, 11) is 0. The molecule has 262 valence electrons. The third kappa shape index (κ3) is 5.34. The first-order valence-corrected chi connectivity index (χ1v) is 19.2. The lowest BCUT2D eigenvalue weighted by Gasteiger charge is -2.10. The van der Waals surface area contributed by atoms with E-state index in [9.17, 15) is 0 Å². The van der Waals surface area contributed by atoms with Gasteiger partial charge in [0.15, 0.2) is 0 Å². The number of aromatic nitrogens is 1. The summed E-state index contributed by atoms with van der Waals surface area (Å²) in [6.45, 7) is 0. The smallest absolute Gasteiger partial charge is 0.143 e. The Hall–Kier alpha value is -7.42. The van der Waals surface area contributed by atoms with Gasteiger partial charge in [0.05, 0.1) is 22.1 Å². The fourth-order valence-electron chi connectivity index (χ4n) is 8.47. The van der Waals surface area contributed by atoms with Crippen molar-refractivity contribution in [3.63, 3.8) is 0 Å². The van der Waals surface area contributed by atoms with E-state index in [0.717, 1.165) is 38.8 Å². The lowest BCUT2D eigenvalue weighted by molar-refractivity contribution is 0.670. The van der Waals surface area contributed by atoms with Gasteiger partial charge < -0.3 is 8.98 Å². The van der Waals surface area contributed by atoms with Crippen LogP contribution in [0.15, 0.2) is 217 Å². The lowest BCUT2D eigenvalue weighted by atomic mass is 9.96. The van der Waals surface area contributed by atoms with E-state index in [2.05, 4.69) is 217 Å². The molecule has 0 aliphatic heterocycles. The van der Waals surface area contributed by atoms with Gasteiger partial charge in [-0.25, -0.2) is 0 Å². The second-order valence-electron chi connectivity index (χ2n) is 14.5. The molecule has 2 aromatic heterocycles. The molecule has 0 unspecified atom stereocenters. The molecule has 0 N–H and O–H groups in total. The van der Waals surface area contributed by atoms with Gasteiger partial charge >= 0.3 is 0 Å². The van der Waals surface area contributed by atoms with Crippen LogP contribution in [0.4, 0.5) is 0 Å². The Morgan fingerprint density at radius 3 is 1.39 bits per heavy atom. The first kappa shape index (κ1) is 32.0. The molecule has 9 aromatic carbocycles. The number of hydrogen-bond donors (Lipinski definition) is 0. The summed E-state index contributed by atoms with van der Waals surface area (Å²) in [4.78, 5) is 0. The third-order valence-corrected chi connectivity index (χ3v) is 11.3. The second-order valence-corrected chi connectivity index (χ2v) is 14.5. The van der Waals surface area contributed by atoms with Gasteiger partial charge in [0.25, 0.3) is 0 Å². The summed E-state index contributed by atoms with van der Waals surface area (Å²) < 4.78 is 9.17. The Labute approximate surface area is 325 Å². The van der Waals surface area contributed by atoms with Crippen LogP contribution in [0, 0.1) is 0 Å². The second kappa shape index (κ2) is 13.2. The Bertz CT molecular complexity index is 3190. The van der Waals surface area contributed by atoms with Crippen molar-refractivity contribution in [2.45, 2.75) is 0 Å². The first-order valence-electron chi connectivity index (χ1n) is 19.2. The van der Waals surface area contributed by atoms with Gasteiger partial charge in [-0.3, -0.25) is 0 Å². The average molecular weight is 714 g/mol. The summed E-state index contributed by atoms with van der Waals surface area (Å²) >= 11 is 0. The van der Waals surface area contributed by atoms with Gasteiger partial charge in [0, 0.05) is 21.7 Å². The molecule has 2 nitrogen and oxygen atoms in total. The van der Waals surface area contributed by atoms with Crippen LogP contribution >= 0.6 is 0 Å². The Morgan fingerprint density at radius 2 is 0.768 bits per heavy atom. The van der Waals surface area contributed by atoms with Gasteiger partial charge in [0.1, 0.15) is 11.2 Å². The van der Waals surface area contributed by atoms with Gasteiger partial charge in [-0.2, -0.15) is 0 Å². The zero-order chi connectivity index (χ0) is 37.0. The van der Waals surface area contributed by atoms with Crippen LogP contribution in [0.5, 0.6) is 0 Å². The minimum Gasteiger partial charge on any atom is -0.455 e. The summed E-state index contributed by atoms with van der Waals surface area (Å²) in [5.41, 5.74) is 17.1. The predicted octanol–water partition coefficient (Wildman–Crippen LogP) is 15.0. The minimum absolute atomic E-state index is 0.878. The number of furan rings is 1. The van der Waals surface area contributed by atoms with Crippen molar-refractivity contribution in [3.05, 3.63) is 212 Å². The van der Waals surface area contributed by atoms with Crippen LogP contribution in [-0.4, -0.2) is 4.57 Å². The molecule has 11 aromatic rings. The normalized spacial score (nSPS) is 11.6. The summed E-state index contributed by atoms with van der Waals surface area (Å²) in [6, 6.07) is 76.2. The van der Waals surface area contributed by atoms with E-state index in [1.54, 1.807) is 0 Å². The molecule has 2 heteroatoms. The SMILES string of the molecule is c1ccc(-c2ccc(-c3ccc(-c4ccc(-c5cccc6c5oc5cccc(-n7c8ccccc8c8cc(-c9ccccc9)ccc87)c56)cc4)cc3)cc2)cc1. The van der Waals surface area contributed by atoms with Gasteiger partial charge in [-0.05, 0) is 80.4 Å². The molecular formula is C54H35NO. The van der Waals surface area contributed by atoms with Crippen molar-refractivity contribution in [1.82, 2.24) is 4.57 Å². The predicted molar refractivity (Wildman–Crippen MR) is 235 cm³/mol. The van der Waals surface area contributed by atoms with E-state index in [4.69, 9.17) is 4.42 Å². The Kier molecular flexibility index (Phi) is 7.53. The van der Waals surface area contributed by atoms with Crippen molar-refractivity contribution in [1.29, 1.82) is 0 Å². The lowest BCUT2D eigenvalue weighted by Crippen LogP contribution is -1.94. The highest BCUT2D eigenvalue weighted by Crippen LogP contribution is 2.42. The van der Waals surface area contributed by atoms with Crippen LogP contribution in [0.1, 0.15) is 0 Å².